The monoisotopic (exact) mass is 277 g/mol. The van der Waals surface area contributed by atoms with Crippen LogP contribution in [0, 0.1) is 5.92 Å². The highest BCUT2D eigenvalue weighted by atomic mass is 16.5. The van der Waals surface area contributed by atoms with Crippen LogP contribution in [0.4, 0.5) is 5.69 Å². The molecule has 0 amide bonds. The minimum absolute atomic E-state index is 0.413. The Kier molecular flexibility index (Phi) is 5.09. The molecule has 1 fully saturated rings. The molecular weight excluding hydrogens is 254 g/mol. The van der Waals surface area contributed by atoms with E-state index in [1.165, 1.54) is 19.3 Å². The highest BCUT2D eigenvalue weighted by molar-refractivity contribution is 5.93. The molecule has 0 atom stereocenters. The van der Waals surface area contributed by atoms with Crippen molar-refractivity contribution in [3.63, 3.8) is 0 Å². The molecule has 1 aliphatic rings. The molecule has 1 aromatic rings. The van der Waals surface area contributed by atoms with Gasteiger partial charge in [-0.05, 0) is 24.5 Å². The summed E-state index contributed by atoms with van der Waals surface area (Å²) in [6, 6.07) is 5.52. The maximum Gasteiger partial charge on any atom is 0.193 e. The topological polar surface area (TPSA) is 68.9 Å². The van der Waals surface area contributed by atoms with Gasteiger partial charge < -0.3 is 20.5 Å². The molecule has 1 saturated carbocycles. The molecule has 1 aliphatic carbocycles. The van der Waals surface area contributed by atoms with Crippen LogP contribution in [-0.4, -0.2) is 26.7 Å². The van der Waals surface area contributed by atoms with E-state index in [9.17, 15) is 0 Å². The second-order valence-corrected chi connectivity index (χ2v) is 5.04. The molecule has 0 heterocycles. The normalized spacial score (nSPS) is 15.6. The molecule has 0 unspecified atom stereocenters. The first-order chi connectivity index (χ1) is 9.72. The number of nitrogens with one attached hydrogen (secondary N) is 1. The summed E-state index contributed by atoms with van der Waals surface area (Å²) in [5.41, 5.74) is 6.67. The van der Waals surface area contributed by atoms with Crippen molar-refractivity contribution in [2.75, 3.05) is 26.1 Å². The zero-order valence-electron chi connectivity index (χ0n) is 12.2. The van der Waals surface area contributed by atoms with E-state index in [4.69, 9.17) is 15.2 Å². The molecule has 5 nitrogen and oxygen atoms in total. The summed E-state index contributed by atoms with van der Waals surface area (Å²) in [6.45, 7) is 0.774. The third-order valence-electron chi connectivity index (χ3n) is 3.71. The van der Waals surface area contributed by atoms with Crippen molar-refractivity contribution in [2.24, 2.45) is 16.6 Å². The van der Waals surface area contributed by atoms with Crippen molar-refractivity contribution in [1.29, 1.82) is 0 Å². The van der Waals surface area contributed by atoms with E-state index in [1.807, 2.05) is 18.2 Å². The summed E-state index contributed by atoms with van der Waals surface area (Å²) in [6.07, 6.45) is 5.17. The fraction of sp³-hybridized carbons (Fsp3) is 0.533. The lowest BCUT2D eigenvalue weighted by Gasteiger charge is -2.24. The van der Waals surface area contributed by atoms with Gasteiger partial charge in [-0.1, -0.05) is 19.3 Å². The Hall–Kier alpha value is -1.91. The molecular formula is C15H23N3O2. The van der Waals surface area contributed by atoms with Gasteiger partial charge >= 0.3 is 0 Å². The van der Waals surface area contributed by atoms with Crippen LogP contribution in [0.2, 0.25) is 0 Å². The summed E-state index contributed by atoms with van der Waals surface area (Å²) in [4.78, 5) is 4.36. The second-order valence-electron chi connectivity index (χ2n) is 5.04. The molecule has 0 aromatic heterocycles. The predicted molar refractivity (Wildman–Crippen MR) is 81.6 cm³/mol. The Bertz CT molecular complexity index is 470. The number of anilines is 1. The number of guanidine groups is 1. The van der Waals surface area contributed by atoms with E-state index >= 15 is 0 Å². The maximum absolute atomic E-state index is 5.91. The maximum atomic E-state index is 5.91. The zero-order valence-corrected chi connectivity index (χ0v) is 12.2. The van der Waals surface area contributed by atoms with Crippen LogP contribution in [0.1, 0.15) is 25.7 Å². The SMILES string of the molecule is COc1ccc(OC)c(NC(N)=NCCC2CCC2)c1. The molecule has 0 spiro atoms. The minimum Gasteiger partial charge on any atom is -0.497 e. The zero-order chi connectivity index (χ0) is 14.4. The molecule has 1 aromatic carbocycles. The predicted octanol–water partition coefficient (Wildman–Crippen LogP) is 2.62. The van der Waals surface area contributed by atoms with Crippen molar-refractivity contribution in [3.8, 4) is 11.5 Å². The third kappa shape index (κ3) is 3.79. The van der Waals surface area contributed by atoms with Gasteiger partial charge in [-0.25, -0.2) is 0 Å². The van der Waals surface area contributed by atoms with Crippen LogP contribution in [0.15, 0.2) is 23.2 Å². The minimum atomic E-state index is 0.413. The van der Waals surface area contributed by atoms with E-state index in [-0.39, 0.29) is 0 Å². The van der Waals surface area contributed by atoms with E-state index in [0.29, 0.717) is 11.7 Å². The summed E-state index contributed by atoms with van der Waals surface area (Å²) < 4.78 is 10.5. The Labute approximate surface area is 120 Å². The van der Waals surface area contributed by atoms with Crippen LogP contribution >= 0.6 is 0 Å². The van der Waals surface area contributed by atoms with Gasteiger partial charge in [0.1, 0.15) is 11.5 Å². The van der Waals surface area contributed by atoms with Crippen molar-refractivity contribution < 1.29 is 9.47 Å². The number of aliphatic imine (C=N–C) groups is 1. The first kappa shape index (κ1) is 14.5. The van der Waals surface area contributed by atoms with Gasteiger partial charge in [-0.15, -0.1) is 0 Å². The smallest absolute Gasteiger partial charge is 0.193 e. The molecule has 110 valence electrons. The Morgan fingerprint density at radius 2 is 2.15 bits per heavy atom. The van der Waals surface area contributed by atoms with E-state index in [1.54, 1.807) is 14.2 Å². The van der Waals surface area contributed by atoms with Gasteiger partial charge in [0.2, 0.25) is 0 Å². The van der Waals surface area contributed by atoms with Gasteiger partial charge in [0.25, 0.3) is 0 Å². The number of nitrogens with zero attached hydrogens (tertiary/aromatic N) is 1. The molecule has 0 radical (unpaired) electrons. The lowest BCUT2D eigenvalue weighted by Crippen LogP contribution is -2.23. The number of hydrogen-bond donors (Lipinski definition) is 2. The molecule has 2 rings (SSSR count). The van der Waals surface area contributed by atoms with Crippen molar-refractivity contribution >= 4 is 11.6 Å². The molecule has 0 bridgehead atoms. The van der Waals surface area contributed by atoms with E-state index in [2.05, 4.69) is 10.3 Å². The number of hydrogen-bond acceptors (Lipinski definition) is 3. The molecule has 0 saturated heterocycles. The highest BCUT2D eigenvalue weighted by Gasteiger charge is 2.16. The number of ether oxygens (including phenoxy) is 2. The number of nitrogens with two attached hydrogens (primary N) is 1. The summed E-state index contributed by atoms with van der Waals surface area (Å²) in [5.74, 6) is 2.72. The standard InChI is InChI=1S/C15H23N3O2/c1-19-12-6-7-14(20-2)13(10-12)18-15(16)17-9-8-11-4-3-5-11/h6-7,10-11H,3-5,8-9H2,1-2H3,(H3,16,17,18). The van der Waals surface area contributed by atoms with Crippen molar-refractivity contribution in [3.05, 3.63) is 18.2 Å². The summed E-state index contributed by atoms with van der Waals surface area (Å²) in [5, 5.41) is 3.07. The summed E-state index contributed by atoms with van der Waals surface area (Å²) >= 11 is 0. The van der Waals surface area contributed by atoms with Crippen LogP contribution in [0.25, 0.3) is 0 Å². The Balaban J connectivity index is 1.94. The second kappa shape index (κ2) is 7.03. The lowest BCUT2D eigenvalue weighted by atomic mass is 9.83. The molecule has 3 N–H and O–H groups in total. The lowest BCUT2D eigenvalue weighted by molar-refractivity contribution is 0.300. The number of methoxy groups -OCH3 is 2. The van der Waals surface area contributed by atoms with Gasteiger partial charge in [-0.3, -0.25) is 4.99 Å². The van der Waals surface area contributed by atoms with Crippen molar-refractivity contribution in [1.82, 2.24) is 0 Å². The first-order valence-corrected chi connectivity index (χ1v) is 7.02. The van der Waals surface area contributed by atoms with Gasteiger partial charge in [0.15, 0.2) is 5.96 Å². The average Bonchev–Trinajstić information content (AvgIpc) is 2.41. The number of rotatable bonds is 6. The molecule has 5 heteroatoms. The van der Waals surface area contributed by atoms with Gasteiger partial charge in [0, 0.05) is 12.6 Å². The highest BCUT2D eigenvalue weighted by Crippen LogP contribution is 2.30. The van der Waals surface area contributed by atoms with E-state index in [0.717, 1.165) is 30.3 Å². The fourth-order valence-corrected chi connectivity index (χ4v) is 2.24. The van der Waals surface area contributed by atoms with Crippen LogP contribution in [0.3, 0.4) is 0 Å². The van der Waals surface area contributed by atoms with Crippen LogP contribution in [0.5, 0.6) is 11.5 Å². The van der Waals surface area contributed by atoms with Crippen LogP contribution < -0.4 is 20.5 Å². The Morgan fingerprint density at radius 3 is 2.75 bits per heavy atom. The largest absolute Gasteiger partial charge is 0.497 e. The first-order valence-electron chi connectivity index (χ1n) is 7.02. The Morgan fingerprint density at radius 1 is 1.35 bits per heavy atom. The summed E-state index contributed by atoms with van der Waals surface area (Å²) in [7, 11) is 3.25. The number of benzene rings is 1. The van der Waals surface area contributed by atoms with Gasteiger partial charge in [-0.2, -0.15) is 0 Å². The van der Waals surface area contributed by atoms with Gasteiger partial charge in [0.05, 0.1) is 19.9 Å². The molecule has 20 heavy (non-hydrogen) atoms. The van der Waals surface area contributed by atoms with Crippen LogP contribution in [-0.2, 0) is 0 Å². The molecule has 0 aliphatic heterocycles. The fourth-order valence-electron chi connectivity index (χ4n) is 2.24. The average molecular weight is 277 g/mol. The third-order valence-corrected chi connectivity index (χ3v) is 3.71. The van der Waals surface area contributed by atoms with Crippen molar-refractivity contribution in [2.45, 2.75) is 25.7 Å². The van der Waals surface area contributed by atoms with E-state index < -0.39 is 0 Å². The quantitative estimate of drug-likeness (QED) is 0.619.